The second-order valence-corrected chi connectivity index (χ2v) is 7.18. The van der Waals surface area contributed by atoms with E-state index in [9.17, 15) is 19.1 Å². The maximum absolute atomic E-state index is 12.0. The van der Waals surface area contributed by atoms with Crippen LogP contribution in [0.1, 0.15) is 36.7 Å². The molecule has 1 atom stereocenters. The van der Waals surface area contributed by atoms with E-state index in [1.807, 2.05) is 0 Å². The standard InChI is InChI=1S/C12H15NO5S/c1-12(2,3)19(18)7-8-5-4-6-9(13(16)17)10(8)11(14)15/h4-6H,7H2,1-3H3,(H,14,15). The van der Waals surface area contributed by atoms with Gasteiger partial charge in [0.15, 0.2) is 0 Å². The number of nitro groups is 1. The highest BCUT2D eigenvalue weighted by atomic mass is 32.2. The zero-order valence-electron chi connectivity index (χ0n) is 10.9. The number of carboxylic acid groups (broad SMARTS) is 1. The second kappa shape index (κ2) is 5.48. The number of aromatic carboxylic acids is 1. The average Bonchev–Trinajstić information content (AvgIpc) is 2.26. The van der Waals surface area contributed by atoms with E-state index < -0.39 is 32.1 Å². The molecule has 6 nitrogen and oxygen atoms in total. The Morgan fingerprint density at radius 1 is 1.42 bits per heavy atom. The normalized spacial score (nSPS) is 13.0. The minimum atomic E-state index is -1.38. The molecule has 0 aliphatic rings. The molecule has 0 aromatic heterocycles. The summed E-state index contributed by atoms with van der Waals surface area (Å²) in [5, 5.41) is 19.9. The minimum absolute atomic E-state index is 0.0210. The van der Waals surface area contributed by atoms with Crippen LogP contribution in [-0.4, -0.2) is 25.0 Å². The SMILES string of the molecule is CC(C)(C)S(=O)Cc1cccc([N+](=O)[O-])c1C(=O)O. The van der Waals surface area contributed by atoms with Gasteiger partial charge in [0.1, 0.15) is 5.56 Å². The second-order valence-electron chi connectivity index (χ2n) is 4.98. The maximum atomic E-state index is 12.0. The van der Waals surface area contributed by atoms with Crippen LogP contribution in [0.3, 0.4) is 0 Å². The lowest BCUT2D eigenvalue weighted by Gasteiger charge is -2.18. The van der Waals surface area contributed by atoms with Gasteiger partial charge in [0.25, 0.3) is 5.69 Å². The van der Waals surface area contributed by atoms with Gasteiger partial charge in [0.2, 0.25) is 0 Å². The van der Waals surface area contributed by atoms with Crippen molar-refractivity contribution in [1.82, 2.24) is 0 Å². The number of benzene rings is 1. The third kappa shape index (κ3) is 3.60. The van der Waals surface area contributed by atoms with E-state index in [1.165, 1.54) is 12.1 Å². The molecule has 0 saturated heterocycles. The first-order valence-electron chi connectivity index (χ1n) is 5.52. The van der Waals surface area contributed by atoms with Crippen LogP contribution in [0.15, 0.2) is 18.2 Å². The lowest BCUT2D eigenvalue weighted by molar-refractivity contribution is -0.385. The Bertz CT molecular complexity index is 548. The molecule has 19 heavy (non-hydrogen) atoms. The van der Waals surface area contributed by atoms with Crippen LogP contribution in [0.5, 0.6) is 0 Å². The number of nitrogens with zero attached hydrogens (tertiary/aromatic N) is 1. The minimum Gasteiger partial charge on any atom is -0.477 e. The molecule has 0 fully saturated rings. The molecule has 0 aliphatic carbocycles. The van der Waals surface area contributed by atoms with Crippen molar-refractivity contribution >= 4 is 22.5 Å². The van der Waals surface area contributed by atoms with Crippen LogP contribution >= 0.6 is 0 Å². The van der Waals surface area contributed by atoms with Crippen molar-refractivity contribution in [2.45, 2.75) is 31.3 Å². The van der Waals surface area contributed by atoms with Gasteiger partial charge >= 0.3 is 5.97 Å². The summed E-state index contributed by atoms with van der Waals surface area (Å²) in [5.74, 6) is -1.40. The molecule has 0 aliphatic heterocycles. The average molecular weight is 285 g/mol. The van der Waals surface area contributed by atoms with E-state index >= 15 is 0 Å². The molecule has 1 N–H and O–H groups in total. The van der Waals surface area contributed by atoms with Gasteiger partial charge in [0, 0.05) is 21.6 Å². The van der Waals surface area contributed by atoms with Crippen LogP contribution in [0.4, 0.5) is 5.69 Å². The summed E-state index contributed by atoms with van der Waals surface area (Å²) >= 11 is 0. The van der Waals surface area contributed by atoms with Gasteiger partial charge in [-0.15, -0.1) is 0 Å². The summed E-state index contributed by atoms with van der Waals surface area (Å²) in [6.07, 6.45) is 0. The molecule has 1 unspecified atom stereocenters. The van der Waals surface area contributed by atoms with Gasteiger partial charge in [0.05, 0.1) is 10.7 Å². The lowest BCUT2D eigenvalue weighted by Crippen LogP contribution is -2.23. The van der Waals surface area contributed by atoms with Crippen molar-refractivity contribution in [3.05, 3.63) is 39.4 Å². The van der Waals surface area contributed by atoms with Gasteiger partial charge in [-0.3, -0.25) is 14.3 Å². The number of hydrogen-bond donors (Lipinski definition) is 1. The number of hydrogen-bond acceptors (Lipinski definition) is 4. The first-order chi connectivity index (χ1) is 8.64. The summed E-state index contributed by atoms with van der Waals surface area (Å²) in [4.78, 5) is 21.3. The number of carboxylic acids is 1. The van der Waals surface area contributed by atoms with Crippen LogP contribution in [-0.2, 0) is 16.6 Å². The molecule has 1 aromatic rings. The molecule has 0 radical (unpaired) electrons. The van der Waals surface area contributed by atoms with Crippen molar-refractivity contribution in [3.8, 4) is 0 Å². The molecule has 0 amide bonds. The topological polar surface area (TPSA) is 97.5 Å². The summed E-state index contributed by atoms with van der Waals surface area (Å²) in [7, 11) is -1.32. The van der Waals surface area contributed by atoms with Crippen LogP contribution in [0.25, 0.3) is 0 Å². The zero-order valence-corrected chi connectivity index (χ0v) is 11.7. The first-order valence-corrected chi connectivity index (χ1v) is 6.84. The van der Waals surface area contributed by atoms with Crippen molar-refractivity contribution in [2.24, 2.45) is 0 Å². The van der Waals surface area contributed by atoms with E-state index in [-0.39, 0.29) is 16.9 Å². The maximum Gasteiger partial charge on any atom is 0.343 e. The predicted molar refractivity (Wildman–Crippen MR) is 71.7 cm³/mol. The summed E-state index contributed by atoms with van der Waals surface area (Å²) in [6.45, 7) is 5.29. The van der Waals surface area contributed by atoms with Crippen molar-refractivity contribution in [2.75, 3.05) is 0 Å². The zero-order chi connectivity index (χ0) is 14.8. The predicted octanol–water partition coefficient (Wildman–Crippen LogP) is 2.34. The van der Waals surface area contributed by atoms with E-state index in [4.69, 9.17) is 5.11 Å². The molecular formula is C12H15NO5S. The Hall–Kier alpha value is -1.76. The third-order valence-corrected chi connectivity index (χ3v) is 4.45. The highest BCUT2D eigenvalue weighted by molar-refractivity contribution is 7.85. The molecule has 0 saturated carbocycles. The Labute approximate surface area is 113 Å². The Kier molecular flexibility index (Phi) is 4.41. The largest absolute Gasteiger partial charge is 0.477 e. The summed E-state index contributed by atoms with van der Waals surface area (Å²) < 4.78 is 11.5. The fourth-order valence-corrected chi connectivity index (χ4v) is 2.42. The first kappa shape index (κ1) is 15.3. The molecule has 0 bridgehead atoms. The number of carbonyl (C=O) groups is 1. The van der Waals surface area contributed by atoms with Crippen LogP contribution in [0, 0.1) is 10.1 Å². The number of nitro benzene ring substituents is 1. The van der Waals surface area contributed by atoms with E-state index in [2.05, 4.69) is 0 Å². The lowest BCUT2D eigenvalue weighted by atomic mass is 10.1. The van der Waals surface area contributed by atoms with E-state index in [0.29, 0.717) is 0 Å². The van der Waals surface area contributed by atoms with Gasteiger partial charge < -0.3 is 5.11 Å². The Balaban J connectivity index is 3.29. The summed E-state index contributed by atoms with van der Waals surface area (Å²) in [5.41, 5.74) is -0.643. The molecule has 1 aromatic carbocycles. The summed E-state index contributed by atoms with van der Waals surface area (Å²) in [6, 6.07) is 3.99. The van der Waals surface area contributed by atoms with Gasteiger partial charge in [-0.25, -0.2) is 4.79 Å². The van der Waals surface area contributed by atoms with E-state index in [0.717, 1.165) is 6.07 Å². The van der Waals surface area contributed by atoms with Crippen LogP contribution in [0.2, 0.25) is 0 Å². The molecule has 0 heterocycles. The van der Waals surface area contributed by atoms with Gasteiger partial charge in [-0.1, -0.05) is 12.1 Å². The highest BCUT2D eigenvalue weighted by Crippen LogP contribution is 2.25. The quantitative estimate of drug-likeness (QED) is 0.676. The monoisotopic (exact) mass is 285 g/mol. The van der Waals surface area contributed by atoms with Crippen molar-refractivity contribution in [1.29, 1.82) is 0 Å². The van der Waals surface area contributed by atoms with Gasteiger partial charge in [-0.2, -0.15) is 0 Å². The molecule has 1 rings (SSSR count). The van der Waals surface area contributed by atoms with Crippen LogP contribution < -0.4 is 0 Å². The molecular weight excluding hydrogens is 270 g/mol. The molecule has 104 valence electrons. The highest BCUT2D eigenvalue weighted by Gasteiger charge is 2.27. The fraction of sp³-hybridized carbons (Fsp3) is 0.417. The van der Waals surface area contributed by atoms with Crippen molar-refractivity contribution in [3.63, 3.8) is 0 Å². The third-order valence-electron chi connectivity index (χ3n) is 2.51. The fourth-order valence-electron chi connectivity index (χ4n) is 1.46. The molecule has 0 spiro atoms. The van der Waals surface area contributed by atoms with Gasteiger partial charge in [-0.05, 0) is 26.3 Å². The Morgan fingerprint density at radius 3 is 2.42 bits per heavy atom. The molecule has 7 heteroatoms. The Morgan fingerprint density at radius 2 is 2.00 bits per heavy atom. The van der Waals surface area contributed by atoms with Crippen molar-refractivity contribution < 1.29 is 19.0 Å². The number of rotatable bonds is 4. The van der Waals surface area contributed by atoms with E-state index in [1.54, 1.807) is 20.8 Å². The smallest absolute Gasteiger partial charge is 0.343 e.